The first-order valence-corrected chi connectivity index (χ1v) is 5.71. The minimum absolute atomic E-state index is 0.0639. The van der Waals surface area contributed by atoms with Crippen LogP contribution in [0, 0.1) is 0 Å². The number of methoxy groups -OCH3 is 2. The fraction of sp³-hybridized carbons (Fsp3) is 0.909. The lowest BCUT2D eigenvalue weighted by Gasteiger charge is -2.22. The lowest BCUT2D eigenvalue weighted by atomic mass is 10.3. The molecule has 1 unspecified atom stereocenters. The highest BCUT2D eigenvalue weighted by molar-refractivity contribution is 5.75. The molecule has 0 saturated carbocycles. The van der Waals surface area contributed by atoms with Crippen molar-refractivity contribution in [2.75, 3.05) is 27.3 Å². The Bertz CT molecular complexity index is 184. The van der Waals surface area contributed by atoms with Crippen molar-refractivity contribution in [1.29, 1.82) is 0 Å². The third kappa shape index (κ3) is 6.76. The molecule has 0 saturated heterocycles. The summed E-state index contributed by atoms with van der Waals surface area (Å²) in [5.41, 5.74) is 0. The molecule has 0 rings (SSSR count). The Labute approximate surface area is 97.9 Å². The van der Waals surface area contributed by atoms with Crippen molar-refractivity contribution in [3.63, 3.8) is 0 Å². The van der Waals surface area contributed by atoms with Gasteiger partial charge in [0, 0.05) is 33.7 Å². The molecule has 16 heavy (non-hydrogen) atoms. The van der Waals surface area contributed by atoms with Gasteiger partial charge < -0.3 is 20.1 Å². The van der Waals surface area contributed by atoms with Crippen molar-refractivity contribution < 1.29 is 14.3 Å². The maximum absolute atomic E-state index is 11.3. The van der Waals surface area contributed by atoms with E-state index in [1.807, 2.05) is 13.8 Å². The molecular formula is C11H24N2O3. The van der Waals surface area contributed by atoms with Gasteiger partial charge >= 0.3 is 0 Å². The number of hydrogen-bond acceptors (Lipinski definition) is 4. The van der Waals surface area contributed by atoms with Crippen LogP contribution < -0.4 is 10.6 Å². The summed E-state index contributed by atoms with van der Waals surface area (Å²) in [4.78, 5) is 11.3. The lowest BCUT2D eigenvalue weighted by Crippen LogP contribution is -2.41. The number of carbonyl (C=O) groups excluding carboxylic acids is 1. The van der Waals surface area contributed by atoms with Crippen molar-refractivity contribution >= 4 is 5.91 Å². The maximum atomic E-state index is 11.3. The van der Waals surface area contributed by atoms with E-state index in [9.17, 15) is 4.79 Å². The smallest absolute Gasteiger partial charge is 0.221 e. The molecule has 0 aromatic carbocycles. The van der Waals surface area contributed by atoms with Crippen molar-refractivity contribution in [2.45, 2.75) is 39.0 Å². The fourth-order valence-electron chi connectivity index (χ4n) is 1.37. The lowest BCUT2D eigenvalue weighted by molar-refractivity contribution is -0.123. The molecule has 0 aliphatic carbocycles. The van der Waals surface area contributed by atoms with E-state index < -0.39 is 0 Å². The van der Waals surface area contributed by atoms with Gasteiger partial charge in [0.25, 0.3) is 0 Å². The van der Waals surface area contributed by atoms with Crippen molar-refractivity contribution in [2.24, 2.45) is 0 Å². The predicted octanol–water partition coefficient (Wildman–Crippen LogP) is 0.500. The topological polar surface area (TPSA) is 59.6 Å². The minimum Gasteiger partial charge on any atom is -0.356 e. The van der Waals surface area contributed by atoms with E-state index in [-0.39, 0.29) is 18.2 Å². The second-order valence-electron chi connectivity index (χ2n) is 3.68. The van der Waals surface area contributed by atoms with Crippen LogP contribution >= 0.6 is 0 Å². The SMILES string of the molecule is CCCNC(=O)CCNC(C)C(OC)OC. The quantitative estimate of drug-likeness (QED) is 0.568. The second kappa shape index (κ2) is 9.57. The Morgan fingerprint density at radius 3 is 2.38 bits per heavy atom. The normalized spacial score (nSPS) is 12.8. The molecule has 5 heteroatoms. The van der Waals surface area contributed by atoms with E-state index in [4.69, 9.17) is 9.47 Å². The zero-order valence-corrected chi connectivity index (χ0v) is 10.7. The Kier molecular flexibility index (Phi) is 9.18. The fourth-order valence-corrected chi connectivity index (χ4v) is 1.37. The number of carbonyl (C=O) groups is 1. The summed E-state index contributed by atoms with van der Waals surface area (Å²) in [6.45, 7) is 5.36. The van der Waals surface area contributed by atoms with Crippen LogP contribution in [-0.4, -0.2) is 45.5 Å². The predicted molar refractivity (Wildman–Crippen MR) is 63.2 cm³/mol. The van der Waals surface area contributed by atoms with Crippen molar-refractivity contribution in [3.05, 3.63) is 0 Å². The Balaban J connectivity index is 3.60. The third-order valence-electron chi connectivity index (χ3n) is 2.26. The van der Waals surface area contributed by atoms with E-state index >= 15 is 0 Å². The van der Waals surface area contributed by atoms with Gasteiger partial charge in [-0.25, -0.2) is 0 Å². The van der Waals surface area contributed by atoms with Crippen LogP contribution in [0.25, 0.3) is 0 Å². The average Bonchev–Trinajstić information content (AvgIpc) is 2.28. The van der Waals surface area contributed by atoms with Gasteiger partial charge in [0.1, 0.15) is 0 Å². The first kappa shape index (κ1) is 15.3. The summed E-state index contributed by atoms with van der Waals surface area (Å²) in [5, 5.41) is 6.00. The highest BCUT2D eigenvalue weighted by atomic mass is 16.7. The van der Waals surface area contributed by atoms with Gasteiger partial charge in [0.2, 0.25) is 5.91 Å². The zero-order valence-electron chi connectivity index (χ0n) is 10.7. The molecule has 96 valence electrons. The second-order valence-corrected chi connectivity index (χ2v) is 3.68. The van der Waals surface area contributed by atoms with Crippen LogP contribution in [0.2, 0.25) is 0 Å². The molecule has 0 aliphatic heterocycles. The highest BCUT2D eigenvalue weighted by Gasteiger charge is 2.14. The van der Waals surface area contributed by atoms with Crippen LogP contribution in [0.1, 0.15) is 26.7 Å². The van der Waals surface area contributed by atoms with Crippen molar-refractivity contribution in [3.8, 4) is 0 Å². The molecular weight excluding hydrogens is 208 g/mol. The summed E-state index contributed by atoms with van der Waals surface area (Å²) >= 11 is 0. The van der Waals surface area contributed by atoms with Crippen LogP contribution in [-0.2, 0) is 14.3 Å². The molecule has 1 amide bonds. The number of rotatable bonds is 9. The van der Waals surface area contributed by atoms with Gasteiger partial charge in [0.05, 0.1) is 6.04 Å². The van der Waals surface area contributed by atoms with Gasteiger partial charge in [0.15, 0.2) is 6.29 Å². The highest BCUT2D eigenvalue weighted by Crippen LogP contribution is 1.98. The van der Waals surface area contributed by atoms with E-state index in [1.165, 1.54) is 0 Å². The number of hydrogen-bond donors (Lipinski definition) is 2. The Hall–Kier alpha value is -0.650. The van der Waals surface area contributed by atoms with Gasteiger partial charge in [-0.2, -0.15) is 0 Å². The number of nitrogens with one attached hydrogen (secondary N) is 2. The van der Waals surface area contributed by atoms with E-state index in [1.54, 1.807) is 14.2 Å². The zero-order chi connectivity index (χ0) is 12.4. The Morgan fingerprint density at radius 1 is 1.25 bits per heavy atom. The summed E-state index contributed by atoms with van der Waals surface area (Å²) in [7, 11) is 3.20. The van der Waals surface area contributed by atoms with Gasteiger partial charge in [-0.3, -0.25) is 4.79 Å². The summed E-state index contributed by atoms with van der Waals surface area (Å²) in [6, 6.07) is 0.0639. The Morgan fingerprint density at radius 2 is 1.88 bits per heavy atom. The first-order valence-electron chi connectivity index (χ1n) is 5.71. The molecule has 0 aliphatic rings. The summed E-state index contributed by atoms with van der Waals surface area (Å²) < 4.78 is 10.2. The van der Waals surface area contributed by atoms with E-state index in [0.29, 0.717) is 13.0 Å². The van der Waals surface area contributed by atoms with Crippen molar-refractivity contribution in [1.82, 2.24) is 10.6 Å². The summed E-state index contributed by atoms with van der Waals surface area (Å²) in [5.74, 6) is 0.0768. The molecule has 0 aromatic heterocycles. The molecule has 0 aromatic rings. The van der Waals surface area contributed by atoms with Gasteiger partial charge in [-0.05, 0) is 13.3 Å². The van der Waals surface area contributed by atoms with Gasteiger partial charge in [-0.15, -0.1) is 0 Å². The van der Waals surface area contributed by atoms with Crippen LogP contribution in [0.4, 0.5) is 0 Å². The molecule has 0 spiro atoms. The molecule has 2 N–H and O–H groups in total. The van der Waals surface area contributed by atoms with Crippen LogP contribution in [0.15, 0.2) is 0 Å². The third-order valence-corrected chi connectivity index (χ3v) is 2.26. The summed E-state index contributed by atoms with van der Waals surface area (Å²) in [6.07, 6.45) is 1.16. The standard InChI is InChI=1S/C11H24N2O3/c1-5-7-13-10(14)6-8-12-9(2)11(15-3)16-4/h9,11-12H,5-8H2,1-4H3,(H,13,14). The largest absolute Gasteiger partial charge is 0.356 e. The molecule has 0 heterocycles. The molecule has 0 bridgehead atoms. The molecule has 5 nitrogen and oxygen atoms in total. The molecule has 1 atom stereocenters. The van der Waals surface area contributed by atoms with E-state index in [2.05, 4.69) is 10.6 Å². The molecule has 0 radical (unpaired) electrons. The van der Waals surface area contributed by atoms with Gasteiger partial charge in [-0.1, -0.05) is 6.92 Å². The minimum atomic E-state index is -0.279. The molecule has 0 fully saturated rings. The van der Waals surface area contributed by atoms with Crippen LogP contribution in [0.3, 0.4) is 0 Å². The number of ether oxygens (including phenoxy) is 2. The average molecular weight is 232 g/mol. The number of amides is 1. The van der Waals surface area contributed by atoms with Crippen LogP contribution in [0.5, 0.6) is 0 Å². The van der Waals surface area contributed by atoms with E-state index in [0.717, 1.165) is 13.0 Å². The maximum Gasteiger partial charge on any atom is 0.221 e. The first-order chi connectivity index (χ1) is 7.65. The monoisotopic (exact) mass is 232 g/mol.